The molecule has 0 heterocycles. The Morgan fingerprint density at radius 3 is 2.22 bits per heavy atom. The van der Waals surface area contributed by atoms with E-state index in [-0.39, 0.29) is 24.5 Å². The van der Waals surface area contributed by atoms with Crippen molar-refractivity contribution in [3.63, 3.8) is 0 Å². The van der Waals surface area contributed by atoms with Crippen LogP contribution in [0.5, 0.6) is 0 Å². The smallest absolute Gasteiger partial charge is 0.326 e. The fraction of sp³-hybridized carbons (Fsp3) is 0.824. The van der Waals surface area contributed by atoms with E-state index < -0.39 is 46.7 Å². The molecule has 0 aromatic carbocycles. The molecule has 0 rings (SSSR count). The summed E-state index contributed by atoms with van der Waals surface area (Å²) in [7, 11) is -1.07. The first kappa shape index (κ1) is 25.5. The van der Waals surface area contributed by atoms with Crippen LogP contribution in [-0.2, 0) is 25.2 Å². The summed E-state index contributed by atoms with van der Waals surface area (Å²) in [6, 6.07) is -2.81. The molecule has 0 aromatic heterocycles. The number of rotatable bonds is 14. The van der Waals surface area contributed by atoms with Gasteiger partial charge in [-0.1, -0.05) is 20.3 Å². The lowest BCUT2D eigenvalue weighted by Gasteiger charge is -2.26. The summed E-state index contributed by atoms with van der Waals surface area (Å²) in [5.41, 5.74) is 11.2. The van der Waals surface area contributed by atoms with Gasteiger partial charge in [0, 0.05) is 22.8 Å². The van der Waals surface area contributed by atoms with Crippen LogP contribution in [0.15, 0.2) is 0 Å². The third-order valence-corrected chi connectivity index (χ3v) is 5.22. The lowest BCUT2D eigenvalue weighted by Crippen LogP contribution is -2.56. The monoisotopic (exact) mass is 406 g/mol. The van der Waals surface area contributed by atoms with E-state index in [0.29, 0.717) is 25.8 Å². The van der Waals surface area contributed by atoms with Gasteiger partial charge in [0.25, 0.3) is 0 Å². The maximum Gasteiger partial charge on any atom is 0.326 e. The molecule has 0 fully saturated rings. The van der Waals surface area contributed by atoms with Gasteiger partial charge in [-0.3, -0.25) is 13.8 Å². The van der Waals surface area contributed by atoms with Crippen molar-refractivity contribution in [2.75, 3.05) is 18.6 Å². The van der Waals surface area contributed by atoms with E-state index in [9.17, 15) is 23.7 Å². The van der Waals surface area contributed by atoms with Crippen molar-refractivity contribution >= 4 is 28.6 Å². The van der Waals surface area contributed by atoms with Gasteiger partial charge in [0.15, 0.2) is 0 Å². The first-order valence-electron chi connectivity index (χ1n) is 9.23. The molecule has 27 heavy (non-hydrogen) atoms. The number of hydrogen-bond acceptors (Lipinski definition) is 6. The maximum atomic E-state index is 12.6. The quantitative estimate of drug-likeness (QED) is 0.238. The molecule has 5 atom stereocenters. The van der Waals surface area contributed by atoms with E-state index in [2.05, 4.69) is 10.6 Å². The molecule has 0 aliphatic heterocycles. The van der Waals surface area contributed by atoms with E-state index in [0.717, 1.165) is 0 Å². The molecule has 0 saturated carbocycles. The number of nitrogens with two attached hydrogens (primary N) is 2. The van der Waals surface area contributed by atoms with Crippen molar-refractivity contribution in [1.82, 2.24) is 10.6 Å². The van der Waals surface area contributed by atoms with Gasteiger partial charge >= 0.3 is 5.97 Å². The zero-order valence-corrected chi connectivity index (χ0v) is 17.2. The minimum atomic E-state index is -1.13. The van der Waals surface area contributed by atoms with Crippen LogP contribution in [0.1, 0.15) is 46.0 Å². The lowest BCUT2D eigenvalue weighted by atomic mass is 9.97. The summed E-state index contributed by atoms with van der Waals surface area (Å²) in [5, 5.41) is 14.4. The van der Waals surface area contributed by atoms with E-state index in [1.54, 1.807) is 6.92 Å². The Hall–Kier alpha value is -1.52. The molecule has 158 valence electrons. The van der Waals surface area contributed by atoms with Gasteiger partial charge in [-0.15, -0.1) is 0 Å². The van der Waals surface area contributed by atoms with Gasteiger partial charge in [-0.25, -0.2) is 4.79 Å². The standard InChI is InChI=1S/C17H34N4O5S/c1-4-11(2)14(21-15(22)12(19)8-10-27(3)26)16(23)20-13(17(24)25)7-5-6-9-18/h11-14H,4-10,18-19H2,1-3H3,(H,20,23)(H,21,22)(H,24,25). The Bertz CT molecular complexity index is 518. The molecule has 0 bridgehead atoms. The topological polar surface area (TPSA) is 165 Å². The van der Waals surface area contributed by atoms with Crippen molar-refractivity contribution < 1.29 is 23.7 Å². The van der Waals surface area contributed by atoms with E-state index in [1.807, 2.05) is 6.92 Å². The Kier molecular flexibility index (Phi) is 12.9. The molecule has 9 nitrogen and oxygen atoms in total. The van der Waals surface area contributed by atoms with Gasteiger partial charge in [0.05, 0.1) is 6.04 Å². The highest BCUT2D eigenvalue weighted by molar-refractivity contribution is 7.84. The van der Waals surface area contributed by atoms with Crippen molar-refractivity contribution in [2.45, 2.75) is 64.1 Å². The third-order valence-electron chi connectivity index (χ3n) is 4.41. The molecular formula is C17H34N4O5S. The fourth-order valence-corrected chi connectivity index (χ4v) is 2.98. The first-order valence-corrected chi connectivity index (χ1v) is 11.0. The number of nitrogens with one attached hydrogen (secondary N) is 2. The lowest BCUT2D eigenvalue weighted by molar-refractivity contribution is -0.142. The van der Waals surface area contributed by atoms with E-state index in [1.165, 1.54) is 6.26 Å². The van der Waals surface area contributed by atoms with Crippen molar-refractivity contribution in [2.24, 2.45) is 17.4 Å². The van der Waals surface area contributed by atoms with Crippen LogP contribution < -0.4 is 22.1 Å². The van der Waals surface area contributed by atoms with Gasteiger partial charge < -0.3 is 27.2 Å². The summed E-state index contributed by atoms with van der Waals surface area (Å²) in [4.78, 5) is 36.3. The summed E-state index contributed by atoms with van der Waals surface area (Å²) in [5.74, 6) is -2.12. The molecule has 7 N–H and O–H groups in total. The molecule has 5 unspecified atom stereocenters. The summed E-state index contributed by atoms with van der Waals surface area (Å²) < 4.78 is 11.1. The van der Waals surface area contributed by atoms with Crippen LogP contribution in [0.4, 0.5) is 0 Å². The SMILES string of the molecule is CCC(C)C(NC(=O)C(N)CCS(C)=O)C(=O)NC(CCCCN)C(=O)O. The first-order chi connectivity index (χ1) is 12.6. The number of unbranched alkanes of at least 4 members (excludes halogenated alkanes) is 1. The number of carboxylic acid groups (broad SMARTS) is 1. The van der Waals surface area contributed by atoms with Crippen LogP contribution in [0, 0.1) is 5.92 Å². The van der Waals surface area contributed by atoms with Crippen LogP contribution >= 0.6 is 0 Å². The van der Waals surface area contributed by atoms with Crippen LogP contribution in [0.2, 0.25) is 0 Å². The molecular weight excluding hydrogens is 372 g/mol. The second-order valence-electron chi connectivity index (χ2n) is 6.73. The highest BCUT2D eigenvalue weighted by atomic mass is 32.2. The average molecular weight is 407 g/mol. The van der Waals surface area contributed by atoms with Crippen LogP contribution in [0.25, 0.3) is 0 Å². The highest BCUT2D eigenvalue weighted by Crippen LogP contribution is 2.10. The predicted octanol–water partition coefficient (Wildman–Crippen LogP) is -0.688. The molecule has 0 radical (unpaired) electrons. The second kappa shape index (κ2) is 13.6. The number of carboxylic acids is 1. The van der Waals surface area contributed by atoms with Crippen molar-refractivity contribution in [3.05, 3.63) is 0 Å². The number of carbonyl (C=O) groups is 3. The number of amides is 2. The van der Waals surface area contributed by atoms with Gasteiger partial charge in [-0.05, 0) is 38.1 Å². The van der Waals surface area contributed by atoms with E-state index in [4.69, 9.17) is 11.5 Å². The molecule has 2 amide bonds. The Balaban J connectivity index is 4.99. The van der Waals surface area contributed by atoms with E-state index >= 15 is 0 Å². The molecule has 0 aliphatic rings. The second-order valence-corrected chi connectivity index (χ2v) is 8.28. The van der Waals surface area contributed by atoms with Crippen LogP contribution in [0.3, 0.4) is 0 Å². The fourth-order valence-electron chi connectivity index (χ4n) is 2.40. The minimum Gasteiger partial charge on any atom is -0.480 e. The Morgan fingerprint density at radius 1 is 1.11 bits per heavy atom. The Labute approximate surface area is 163 Å². The predicted molar refractivity (Wildman–Crippen MR) is 105 cm³/mol. The highest BCUT2D eigenvalue weighted by Gasteiger charge is 2.30. The van der Waals surface area contributed by atoms with Gasteiger partial charge in [0.2, 0.25) is 11.8 Å². The van der Waals surface area contributed by atoms with Crippen LogP contribution in [-0.4, -0.2) is 63.8 Å². The molecule has 0 spiro atoms. The summed E-state index contributed by atoms with van der Waals surface area (Å²) >= 11 is 0. The summed E-state index contributed by atoms with van der Waals surface area (Å²) in [6.45, 7) is 4.11. The average Bonchev–Trinajstić information content (AvgIpc) is 2.62. The molecule has 0 saturated heterocycles. The maximum absolute atomic E-state index is 12.6. The summed E-state index contributed by atoms with van der Waals surface area (Å²) in [6.07, 6.45) is 3.88. The molecule has 10 heteroatoms. The molecule has 0 aliphatic carbocycles. The number of carbonyl (C=O) groups excluding carboxylic acids is 2. The third kappa shape index (κ3) is 10.4. The zero-order valence-electron chi connectivity index (χ0n) is 16.4. The Morgan fingerprint density at radius 2 is 1.74 bits per heavy atom. The normalized spacial score (nSPS) is 16.6. The van der Waals surface area contributed by atoms with Crippen molar-refractivity contribution in [3.8, 4) is 0 Å². The van der Waals surface area contributed by atoms with Crippen molar-refractivity contribution in [1.29, 1.82) is 0 Å². The number of aliphatic carboxylic acids is 1. The largest absolute Gasteiger partial charge is 0.480 e. The van der Waals surface area contributed by atoms with Gasteiger partial charge in [-0.2, -0.15) is 0 Å². The molecule has 0 aromatic rings. The zero-order chi connectivity index (χ0) is 21.0. The minimum absolute atomic E-state index is 0.208. The van der Waals surface area contributed by atoms with Gasteiger partial charge in [0.1, 0.15) is 12.1 Å². The number of hydrogen-bond donors (Lipinski definition) is 5.